The fourth-order valence-electron chi connectivity index (χ4n) is 2.60. The quantitative estimate of drug-likeness (QED) is 0.444. The molecule has 0 aromatic rings. The van der Waals surface area contributed by atoms with E-state index in [2.05, 4.69) is 56.2 Å². The zero-order valence-electron chi connectivity index (χ0n) is 13.6. The van der Waals surface area contributed by atoms with Crippen LogP contribution in [0.15, 0.2) is 12.7 Å². The number of hydrogen-bond acceptors (Lipinski definition) is 3. The maximum absolute atomic E-state index is 3.81. The smallest absolute Gasteiger partial charge is 0.0294 e. The van der Waals surface area contributed by atoms with Crippen LogP contribution in [0.25, 0.3) is 0 Å². The first-order chi connectivity index (χ1) is 9.69. The molecule has 1 aliphatic rings. The van der Waals surface area contributed by atoms with Gasteiger partial charge in [-0.3, -0.25) is 0 Å². The lowest BCUT2D eigenvalue weighted by atomic mass is 10.0. The molecule has 118 valence electrons. The summed E-state index contributed by atoms with van der Waals surface area (Å²) in [4.78, 5) is 0. The molecule has 1 aliphatic heterocycles. The minimum atomic E-state index is 0.714. The van der Waals surface area contributed by atoms with E-state index in [1.54, 1.807) is 0 Å². The van der Waals surface area contributed by atoms with E-state index in [9.17, 15) is 0 Å². The van der Waals surface area contributed by atoms with Crippen molar-refractivity contribution >= 4 is 23.5 Å². The number of thioether (sulfide) groups is 2. The topological polar surface area (TPSA) is 12.0 Å². The summed E-state index contributed by atoms with van der Waals surface area (Å²) in [6.45, 7) is 12.0. The molecule has 1 saturated heterocycles. The second kappa shape index (κ2) is 11.0. The summed E-state index contributed by atoms with van der Waals surface area (Å²) in [6, 6.07) is 0.714. The zero-order valence-corrected chi connectivity index (χ0v) is 15.2. The SMILES string of the molecule is C=CCCCCCC(NCCC)C1CSC(C)C(C)S1. The molecular formula is C17H33NS2. The molecule has 1 N–H and O–H groups in total. The van der Waals surface area contributed by atoms with Crippen LogP contribution in [0.5, 0.6) is 0 Å². The van der Waals surface area contributed by atoms with E-state index in [1.807, 2.05) is 6.08 Å². The van der Waals surface area contributed by atoms with Gasteiger partial charge in [0.1, 0.15) is 0 Å². The molecule has 0 spiro atoms. The van der Waals surface area contributed by atoms with Gasteiger partial charge in [-0.05, 0) is 32.2 Å². The van der Waals surface area contributed by atoms with E-state index in [-0.39, 0.29) is 0 Å². The number of hydrogen-bond donors (Lipinski definition) is 1. The summed E-state index contributed by atoms with van der Waals surface area (Å²) in [5.41, 5.74) is 0. The first-order valence-corrected chi connectivity index (χ1v) is 10.3. The van der Waals surface area contributed by atoms with E-state index in [4.69, 9.17) is 0 Å². The Hall–Kier alpha value is 0.400. The van der Waals surface area contributed by atoms with Crippen molar-refractivity contribution in [2.45, 2.75) is 81.1 Å². The van der Waals surface area contributed by atoms with Crippen molar-refractivity contribution in [2.24, 2.45) is 0 Å². The molecule has 3 heteroatoms. The second-order valence-electron chi connectivity index (χ2n) is 5.91. The predicted molar refractivity (Wildman–Crippen MR) is 98.1 cm³/mol. The summed E-state index contributed by atoms with van der Waals surface area (Å²) in [7, 11) is 0. The van der Waals surface area contributed by atoms with Gasteiger partial charge >= 0.3 is 0 Å². The van der Waals surface area contributed by atoms with Gasteiger partial charge in [-0.1, -0.05) is 39.7 Å². The first kappa shape index (κ1) is 18.4. The van der Waals surface area contributed by atoms with Gasteiger partial charge in [0.25, 0.3) is 0 Å². The van der Waals surface area contributed by atoms with E-state index in [0.717, 1.165) is 15.7 Å². The Morgan fingerprint density at radius 2 is 2.05 bits per heavy atom. The summed E-state index contributed by atoms with van der Waals surface area (Å²) < 4.78 is 0. The Bertz CT molecular complexity index is 257. The van der Waals surface area contributed by atoms with Crippen molar-refractivity contribution in [1.82, 2.24) is 5.32 Å². The summed E-state index contributed by atoms with van der Waals surface area (Å²) >= 11 is 4.39. The Balaban J connectivity index is 2.36. The molecule has 0 amide bonds. The van der Waals surface area contributed by atoms with E-state index >= 15 is 0 Å². The minimum Gasteiger partial charge on any atom is -0.313 e. The minimum absolute atomic E-state index is 0.714. The van der Waals surface area contributed by atoms with Gasteiger partial charge < -0.3 is 5.32 Å². The highest BCUT2D eigenvalue weighted by atomic mass is 32.2. The molecule has 0 saturated carbocycles. The van der Waals surface area contributed by atoms with E-state index < -0.39 is 0 Å². The molecule has 1 fully saturated rings. The van der Waals surface area contributed by atoms with Crippen molar-refractivity contribution in [3.8, 4) is 0 Å². The lowest BCUT2D eigenvalue weighted by molar-refractivity contribution is 0.454. The third-order valence-electron chi connectivity index (χ3n) is 4.10. The monoisotopic (exact) mass is 315 g/mol. The van der Waals surface area contributed by atoms with Gasteiger partial charge in [0, 0.05) is 27.5 Å². The Morgan fingerprint density at radius 1 is 1.25 bits per heavy atom. The maximum atomic E-state index is 3.81. The molecule has 0 radical (unpaired) electrons. The van der Waals surface area contributed by atoms with Gasteiger partial charge in [0.05, 0.1) is 0 Å². The van der Waals surface area contributed by atoms with Crippen LogP contribution in [0.3, 0.4) is 0 Å². The molecule has 4 atom stereocenters. The first-order valence-electron chi connectivity index (χ1n) is 8.30. The predicted octanol–water partition coefficient (Wildman–Crippen LogP) is 5.12. The van der Waals surface area contributed by atoms with Gasteiger partial charge in [-0.25, -0.2) is 0 Å². The largest absolute Gasteiger partial charge is 0.313 e. The average molecular weight is 316 g/mol. The standard InChI is InChI=1S/C17H33NS2/c1-5-7-8-9-10-11-16(18-12-6-2)17-13-19-14(3)15(4)20-17/h5,14-18H,1,6-13H2,2-4H3. The zero-order chi connectivity index (χ0) is 14.8. The van der Waals surface area contributed by atoms with Crippen molar-refractivity contribution in [3.63, 3.8) is 0 Å². The molecule has 0 aliphatic carbocycles. The highest BCUT2D eigenvalue weighted by Gasteiger charge is 2.30. The number of unbranched alkanes of at least 4 members (excludes halogenated alkanes) is 3. The number of rotatable bonds is 10. The third kappa shape index (κ3) is 6.91. The lowest BCUT2D eigenvalue weighted by Gasteiger charge is -2.36. The van der Waals surface area contributed by atoms with Crippen molar-refractivity contribution in [1.29, 1.82) is 0 Å². The molecule has 0 bridgehead atoms. The molecule has 4 unspecified atom stereocenters. The van der Waals surface area contributed by atoms with E-state index in [0.29, 0.717) is 6.04 Å². The van der Waals surface area contributed by atoms with Gasteiger partial charge in [-0.2, -0.15) is 23.5 Å². The van der Waals surface area contributed by atoms with Crippen LogP contribution < -0.4 is 5.32 Å². The van der Waals surface area contributed by atoms with Gasteiger partial charge in [0.15, 0.2) is 0 Å². The molecule has 1 heterocycles. The van der Waals surface area contributed by atoms with Crippen LogP contribution in [-0.4, -0.2) is 34.1 Å². The van der Waals surface area contributed by atoms with E-state index in [1.165, 1.54) is 50.8 Å². The highest BCUT2D eigenvalue weighted by molar-refractivity contribution is 8.07. The maximum Gasteiger partial charge on any atom is 0.0294 e. The highest BCUT2D eigenvalue weighted by Crippen LogP contribution is 2.37. The molecule has 0 aromatic carbocycles. The van der Waals surface area contributed by atoms with Crippen LogP contribution in [0.4, 0.5) is 0 Å². The number of allylic oxidation sites excluding steroid dienone is 1. The second-order valence-corrected chi connectivity index (χ2v) is 8.94. The molecule has 1 rings (SSSR count). The van der Waals surface area contributed by atoms with Crippen LogP contribution in [0, 0.1) is 0 Å². The van der Waals surface area contributed by atoms with Crippen LogP contribution >= 0.6 is 23.5 Å². The van der Waals surface area contributed by atoms with Crippen molar-refractivity contribution in [2.75, 3.05) is 12.3 Å². The summed E-state index contributed by atoms with van der Waals surface area (Å²) in [6.07, 6.45) is 9.83. The molecule has 20 heavy (non-hydrogen) atoms. The summed E-state index contributed by atoms with van der Waals surface area (Å²) in [5.74, 6) is 1.32. The van der Waals surface area contributed by atoms with Crippen LogP contribution in [0.1, 0.15) is 59.3 Å². The fraction of sp³-hybridized carbons (Fsp3) is 0.882. The number of nitrogens with one attached hydrogen (secondary N) is 1. The van der Waals surface area contributed by atoms with Crippen molar-refractivity contribution in [3.05, 3.63) is 12.7 Å². The summed E-state index contributed by atoms with van der Waals surface area (Å²) in [5, 5.41) is 6.23. The molecule has 1 nitrogen and oxygen atoms in total. The molecule has 0 aromatic heterocycles. The lowest BCUT2D eigenvalue weighted by Crippen LogP contribution is -2.43. The Kier molecular flexibility index (Phi) is 10.2. The van der Waals surface area contributed by atoms with Crippen LogP contribution in [-0.2, 0) is 0 Å². The van der Waals surface area contributed by atoms with Gasteiger partial charge in [0.2, 0.25) is 0 Å². The average Bonchev–Trinajstić information content (AvgIpc) is 2.45. The normalized spacial score (nSPS) is 28.2. The molecular weight excluding hydrogens is 282 g/mol. The Morgan fingerprint density at radius 3 is 2.70 bits per heavy atom. The Labute approximate surface area is 135 Å². The van der Waals surface area contributed by atoms with Crippen LogP contribution in [0.2, 0.25) is 0 Å². The fourth-order valence-corrected chi connectivity index (χ4v) is 5.77. The third-order valence-corrected chi connectivity index (χ3v) is 7.65. The van der Waals surface area contributed by atoms with Crippen molar-refractivity contribution < 1.29 is 0 Å². The van der Waals surface area contributed by atoms with Gasteiger partial charge in [-0.15, -0.1) is 6.58 Å².